The summed E-state index contributed by atoms with van der Waals surface area (Å²) in [5.41, 5.74) is 2.54. The van der Waals surface area contributed by atoms with E-state index in [2.05, 4.69) is 0 Å². The Bertz CT molecular complexity index is 398. The van der Waals surface area contributed by atoms with E-state index < -0.39 is 5.97 Å². The van der Waals surface area contributed by atoms with Crippen molar-refractivity contribution >= 4 is 0 Å². The van der Waals surface area contributed by atoms with E-state index in [1.807, 2.05) is 19.1 Å². The highest BCUT2D eigenvalue weighted by atomic mass is 16.9. The number of aliphatic hydroxyl groups is 2. The van der Waals surface area contributed by atoms with E-state index in [0.717, 1.165) is 16.7 Å². The van der Waals surface area contributed by atoms with Crippen molar-refractivity contribution in [2.45, 2.75) is 19.5 Å². The third kappa shape index (κ3) is 2.55. The molecular formula is C13H18O5. The third-order valence-corrected chi connectivity index (χ3v) is 2.92. The number of rotatable bonds is 5. The normalized spacial score (nSPS) is 18.2. The zero-order chi connectivity index (χ0) is 13.0. The van der Waals surface area contributed by atoms with Crippen molar-refractivity contribution in [1.82, 2.24) is 0 Å². The minimum Gasteiger partial charge on any atom is -0.394 e. The van der Waals surface area contributed by atoms with Gasteiger partial charge in [-0.05, 0) is 24.1 Å². The fourth-order valence-electron chi connectivity index (χ4n) is 1.97. The summed E-state index contributed by atoms with van der Waals surface area (Å²) >= 11 is 0. The van der Waals surface area contributed by atoms with Crippen LogP contribution in [0.2, 0.25) is 0 Å². The van der Waals surface area contributed by atoms with Gasteiger partial charge in [-0.2, -0.15) is 0 Å². The lowest BCUT2D eigenvalue weighted by Crippen LogP contribution is -2.32. The van der Waals surface area contributed by atoms with Crippen LogP contribution in [-0.4, -0.2) is 36.6 Å². The van der Waals surface area contributed by atoms with Crippen LogP contribution in [0.3, 0.4) is 0 Å². The van der Waals surface area contributed by atoms with Gasteiger partial charge < -0.3 is 24.4 Å². The molecule has 0 saturated carbocycles. The predicted octanol–water partition coefficient (Wildman–Crippen LogP) is 0.653. The highest BCUT2D eigenvalue weighted by Gasteiger charge is 2.40. The molecule has 0 atom stereocenters. The minimum absolute atomic E-state index is 0.00166. The second kappa shape index (κ2) is 5.77. The summed E-state index contributed by atoms with van der Waals surface area (Å²) in [5, 5.41) is 18.0. The molecule has 2 rings (SSSR count). The Balaban J connectivity index is 2.28. The molecule has 1 aliphatic heterocycles. The summed E-state index contributed by atoms with van der Waals surface area (Å²) in [6.45, 7) is 2.85. The van der Waals surface area contributed by atoms with Gasteiger partial charge >= 0.3 is 5.97 Å². The monoisotopic (exact) mass is 254 g/mol. The summed E-state index contributed by atoms with van der Waals surface area (Å²) in [7, 11) is 0. The van der Waals surface area contributed by atoms with Crippen molar-refractivity contribution in [3.63, 3.8) is 0 Å². The summed E-state index contributed by atoms with van der Waals surface area (Å²) in [4.78, 5) is 0. The predicted molar refractivity (Wildman–Crippen MR) is 63.7 cm³/mol. The molecule has 100 valence electrons. The summed E-state index contributed by atoms with van der Waals surface area (Å²) in [6, 6.07) is 5.50. The van der Waals surface area contributed by atoms with E-state index in [-0.39, 0.29) is 19.8 Å². The highest BCUT2D eigenvalue weighted by Crippen LogP contribution is 2.33. The smallest absolute Gasteiger partial charge is 0.312 e. The standard InChI is InChI=1S/C13H18O5/c1-10-8-12(3-2-11(10)9-15)13(16-5-4-14)17-6-7-18-13/h2-3,8,14-15H,4-7,9H2,1H3. The lowest BCUT2D eigenvalue weighted by Gasteiger charge is -2.27. The second-order valence-electron chi connectivity index (χ2n) is 4.12. The largest absolute Gasteiger partial charge is 0.394 e. The fourth-order valence-corrected chi connectivity index (χ4v) is 1.97. The van der Waals surface area contributed by atoms with Crippen LogP contribution in [0, 0.1) is 6.92 Å². The molecule has 0 aliphatic carbocycles. The van der Waals surface area contributed by atoms with Gasteiger partial charge in [0.05, 0.1) is 33.0 Å². The van der Waals surface area contributed by atoms with Crippen molar-refractivity contribution in [1.29, 1.82) is 0 Å². The van der Waals surface area contributed by atoms with Crippen molar-refractivity contribution in [3.8, 4) is 0 Å². The second-order valence-corrected chi connectivity index (χ2v) is 4.12. The van der Waals surface area contributed by atoms with Gasteiger partial charge in [-0.15, -0.1) is 0 Å². The molecule has 0 amide bonds. The molecule has 0 radical (unpaired) electrons. The molecule has 18 heavy (non-hydrogen) atoms. The van der Waals surface area contributed by atoms with Crippen molar-refractivity contribution in [3.05, 3.63) is 34.9 Å². The highest BCUT2D eigenvalue weighted by molar-refractivity contribution is 5.32. The molecule has 2 N–H and O–H groups in total. The van der Waals surface area contributed by atoms with Gasteiger partial charge in [-0.25, -0.2) is 0 Å². The maximum Gasteiger partial charge on any atom is 0.312 e. The topological polar surface area (TPSA) is 68.2 Å². The Morgan fingerprint density at radius 2 is 2.00 bits per heavy atom. The maximum absolute atomic E-state index is 9.15. The van der Waals surface area contributed by atoms with E-state index in [9.17, 15) is 0 Å². The zero-order valence-corrected chi connectivity index (χ0v) is 10.4. The summed E-state index contributed by atoms with van der Waals surface area (Å²) < 4.78 is 16.6. The van der Waals surface area contributed by atoms with Gasteiger partial charge in [0.15, 0.2) is 0 Å². The van der Waals surface area contributed by atoms with Crippen molar-refractivity contribution in [2.24, 2.45) is 0 Å². The fraction of sp³-hybridized carbons (Fsp3) is 0.538. The zero-order valence-electron chi connectivity index (χ0n) is 10.4. The van der Waals surface area contributed by atoms with Crippen molar-refractivity contribution in [2.75, 3.05) is 26.4 Å². The third-order valence-electron chi connectivity index (χ3n) is 2.92. The minimum atomic E-state index is -1.22. The maximum atomic E-state index is 9.15. The molecule has 5 heteroatoms. The molecule has 1 saturated heterocycles. The quantitative estimate of drug-likeness (QED) is 0.807. The van der Waals surface area contributed by atoms with Crippen LogP contribution in [0.1, 0.15) is 16.7 Å². The molecule has 1 aromatic carbocycles. The van der Waals surface area contributed by atoms with Gasteiger partial charge in [0.25, 0.3) is 0 Å². The number of benzene rings is 1. The lowest BCUT2D eigenvalue weighted by atomic mass is 10.0. The van der Waals surface area contributed by atoms with Gasteiger partial charge in [-0.3, -0.25) is 0 Å². The molecular weight excluding hydrogens is 236 g/mol. The van der Waals surface area contributed by atoms with E-state index in [0.29, 0.717) is 13.2 Å². The van der Waals surface area contributed by atoms with E-state index in [1.54, 1.807) is 6.07 Å². The van der Waals surface area contributed by atoms with Crippen molar-refractivity contribution < 1.29 is 24.4 Å². The van der Waals surface area contributed by atoms with Crippen LogP contribution in [0.4, 0.5) is 0 Å². The Labute approximate surface area is 106 Å². The van der Waals surface area contributed by atoms with Crippen LogP contribution in [-0.2, 0) is 26.8 Å². The SMILES string of the molecule is Cc1cc(C2(OCCO)OCCO2)ccc1CO. The average Bonchev–Trinajstić information content (AvgIpc) is 2.86. The van der Waals surface area contributed by atoms with Crippen LogP contribution < -0.4 is 0 Å². The average molecular weight is 254 g/mol. The first-order valence-electron chi connectivity index (χ1n) is 5.95. The number of hydrogen-bond donors (Lipinski definition) is 2. The number of ether oxygens (including phenoxy) is 3. The van der Waals surface area contributed by atoms with Crippen LogP contribution in [0.5, 0.6) is 0 Å². The Hall–Kier alpha value is -0.980. The molecule has 0 spiro atoms. The molecule has 0 bridgehead atoms. The number of aliphatic hydroxyl groups excluding tert-OH is 2. The van der Waals surface area contributed by atoms with Crippen LogP contribution in [0.15, 0.2) is 18.2 Å². The molecule has 1 fully saturated rings. The molecule has 1 heterocycles. The first-order valence-corrected chi connectivity index (χ1v) is 5.95. The molecule has 5 nitrogen and oxygen atoms in total. The van der Waals surface area contributed by atoms with Gasteiger partial charge in [-0.1, -0.05) is 12.1 Å². The van der Waals surface area contributed by atoms with Gasteiger partial charge in [0.1, 0.15) is 0 Å². The molecule has 0 unspecified atom stereocenters. The van der Waals surface area contributed by atoms with E-state index in [1.165, 1.54) is 0 Å². The first-order chi connectivity index (χ1) is 8.72. The molecule has 1 aliphatic rings. The Morgan fingerprint density at radius 3 is 2.56 bits per heavy atom. The van der Waals surface area contributed by atoms with E-state index >= 15 is 0 Å². The van der Waals surface area contributed by atoms with E-state index in [4.69, 9.17) is 24.4 Å². The number of hydrogen-bond acceptors (Lipinski definition) is 5. The lowest BCUT2D eigenvalue weighted by molar-refractivity contribution is -0.345. The van der Waals surface area contributed by atoms with Crippen LogP contribution >= 0.6 is 0 Å². The summed E-state index contributed by atoms with van der Waals surface area (Å²) in [6.07, 6.45) is 0. The van der Waals surface area contributed by atoms with Crippen LogP contribution in [0.25, 0.3) is 0 Å². The Kier molecular flexibility index (Phi) is 4.31. The first kappa shape index (κ1) is 13.5. The van der Waals surface area contributed by atoms with Gasteiger partial charge in [0.2, 0.25) is 0 Å². The van der Waals surface area contributed by atoms with Gasteiger partial charge in [0, 0.05) is 5.56 Å². The Morgan fingerprint density at radius 1 is 1.28 bits per heavy atom. The summed E-state index contributed by atoms with van der Waals surface area (Å²) in [5.74, 6) is -1.22. The molecule has 1 aromatic rings. The number of aryl methyl sites for hydroxylation is 1. The molecule has 0 aromatic heterocycles.